The summed E-state index contributed by atoms with van der Waals surface area (Å²) in [6.45, 7) is 1.49. The maximum atomic E-state index is 5.99. The number of benzene rings is 1. The van der Waals surface area contributed by atoms with E-state index in [0.717, 1.165) is 42.6 Å². The Balaban J connectivity index is 1.67. The Kier molecular flexibility index (Phi) is 3.23. The predicted octanol–water partition coefficient (Wildman–Crippen LogP) is 3.70. The molecule has 2 aromatic rings. The first kappa shape index (κ1) is 13.3. The lowest BCUT2D eigenvalue weighted by atomic mass is 9.64. The van der Waals surface area contributed by atoms with Gasteiger partial charge in [-0.05, 0) is 37.0 Å². The summed E-state index contributed by atoms with van der Waals surface area (Å²) in [5.41, 5.74) is 1.10. The molecule has 1 aliphatic carbocycles. The quantitative estimate of drug-likeness (QED) is 0.867. The molecule has 110 valence electrons. The van der Waals surface area contributed by atoms with Gasteiger partial charge >= 0.3 is 0 Å². The second kappa shape index (κ2) is 5.11. The predicted molar refractivity (Wildman–Crippen MR) is 78.6 cm³/mol. The topological polar surface area (TPSA) is 48.2 Å². The highest BCUT2D eigenvalue weighted by Gasteiger charge is 2.45. The normalized spacial score (nSPS) is 24.0. The van der Waals surface area contributed by atoms with Gasteiger partial charge in [0, 0.05) is 17.5 Å². The van der Waals surface area contributed by atoms with Gasteiger partial charge in [0.1, 0.15) is 0 Å². The highest BCUT2D eigenvalue weighted by atomic mass is 35.5. The molecule has 1 saturated carbocycles. The molecule has 21 heavy (non-hydrogen) atoms. The van der Waals surface area contributed by atoms with Gasteiger partial charge in [-0.25, -0.2) is 0 Å². The Bertz CT molecular complexity index is 628. The number of nitrogens with zero attached hydrogens (tertiary/aromatic N) is 2. The van der Waals surface area contributed by atoms with Crippen molar-refractivity contribution in [3.8, 4) is 0 Å². The Labute approximate surface area is 128 Å². The number of hydrogen-bond acceptors (Lipinski definition) is 4. The minimum absolute atomic E-state index is 0.116. The van der Waals surface area contributed by atoms with E-state index in [9.17, 15) is 0 Å². The van der Waals surface area contributed by atoms with Gasteiger partial charge < -0.3 is 9.26 Å². The fourth-order valence-electron chi connectivity index (χ4n) is 3.26. The molecule has 1 aliphatic heterocycles. The monoisotopic (exact) mass is 304 g/mol. The van der Waals surface area contributed by atoms with Crippen LogP contribution in [0.4, 0.5) is 0 Å². The Morgan fingerprint density at radius 3 is 2.62 bits per heavy atom. The van der Waals surface area contributed by atoms with E-state index in [-0.39, 0.29) is 11.3 Å². The molecule has 0 spiro atoms. The van der Waals surface area contributed by atoms with E-state index < -0.39 is 0 Å². The largest absolute Gasteiger partial charge is 0.381 e. The number of ether oxygens (including phenoxy) is 1. The molecule has 5 heteroatoms. The second-order valence-corrected chi connectivity index (χ2v) is 6.40. The van der Waals surface area contributed by atoms with E-state index >= 15 is 0 Å². The number of hydrogen-bond donors (Lipinski definition) is 0. The third-order valence-electron chi connectivity index (χ3n) is 4.75. The summed E-state index contributed by atoms with van der Waals surface area (Å²) < 4.78 is 11.0. The second-order valence-electron chi connectivity index (χ2n) is 5.96. The molecule has 1 aromatic heterocycles. The van der Waals surface area contributed by atoms with Crippen LogP contribution in [0.2, 0.25) is 5.02 Å². The molecule has 0 bridgehead atoms. The van der Waals surface area contributed by atoms with Gasteiger partial charge in [0.2, 0.25) is 5.89 Å². The molecule has 2 aliphatic rings. The van der Waals surface area contributed by atoms with Crippen molar-refractivity contribution in [1.29, 1.82) is 0 Å². The highest BCUT2D eigenvalue weighted by Crippen LogP contribution is 2.48. The first-order chi connectivity index (χ1) is 10.3. The number of rotatable bonds is 3. The van der Waals surface area contributed by atoms with Gasteiger partial charge in [0.05, 0.1) is 12.0 Å². The summed E-state index contributed by atoms with van der Waals surface area (Å²) in [5, 5.41) is 4.95. The molecule has 2 fully saturated rings. The van der Waals surface area contributed by atoms with Gasteiger partial charge in [-0.15, -0.1) is 0 Å². The van der Waals surface area contributed by atoms with E-state index in [2.05, 4.69) is 17.3 Å². The van der Waals surface area contributed by atoms with Crippen molar-refractivity contribution in [1.82, 2.24) is 10.1 Å². The first-order valence-electron chi connectivity index (χ1n) is 7.46. The van der Waals surface area contributed by atoms with Gasteiger partial charge in [0.15, 0.2) is 5.82 Å². The standard InChI is InChI=1S/C16H17ClN2O2/c17-13-4-2-12(3-5-13)16(7-1-8-16)15-18-14(19-21-15)11-6-9-20-10-11/h2-5,11H,1,6-10H2/t11-/m1/s1. The van der Waals surface area contributed by atoms with Crippen molar-refractivity contribution >= 4 is 11.6 Å². The van der Waals surface area contributed by atoms with Crippen molar-refractivity contribution in [3.63, 3.8) is 0 Å². The third kappa shape index (κ3) is 2.17. The number of halogens is 1. The molecule has 0 radical (unpaired) electrons. The lowest BCUT2D eigenvalue weighted by molar-refractivity contribution is 0.192. The molecule has 0 unspecified atom stereocenters. The fourth-order valence-corrected chi connectivity index (χ4v) is 3.38. The van der Waals surface area contributed by atoms with Crippen LogP contribution in [0.5, 0.6) is 0 Å². The van der Waals surface area contributed by atoms with Crippen molar-refractivity contribution in [2.24, 2.45) is 0 Å². The highest BCUT2D eigenvalue weighted by molar-refractivity contribution is 6.30. The summed E-state index contributed by atoms with van der Waals surface area (Å²) in [6, 6.07) is 8.01. The third-order valence-corrected chi connectivity index (χ3v) is 5.00. The van der Waals surface area contributed by atoms with Gasteiger partial charge in [0.25, 0.3) is 0 Å². The van der Waals surface area contributed by atoms with Gasteiger partial charge in [-0.2, -0.15) is 4.98 Å². The summed E-state index contributed by atoms with van der Waals surface area (Å²) >= 11 is 5.99. The average Bonchev–Trinajstić information content (AvgIpc) is 3.10. The molecule has 4 nitrogen and oxygen atoms in total. The molecular weight excluding hydrogens is 288 g/mol. The molecule has 2 heterocycles. The molecule has 1 atom stereocenters. The van der Waals surface area contributed by atoms with E-state index in [1.165, 1.54) is 12.0 Å². The zero-order valence-corrected chi connectivity index (χ0v) is 12.5. The van der Waals surface area contributed by atoms with Gasteiger partial charge in [-0.3, -0.25) is 0 Å². The van der Waals surface area contributed by atoms with Crippen LogP contribution in [0, 0.1) is 0 Å². The minimum atomic E-state index is -0.116. The first-order valence-corrected chi connectivity index (χ1v) is 7.84. The SMILES string of the molecule is Clc1ccc(C2(c3nc([C@@H]4CCOC4)no3)CCC2)cc1. The summed E-state index contributed by atoms with van der Waals surface area (Å²) in [7, 11) is 0. The molecule has 0 N–H and O–H groups in total. The van der Waals surface area contributed by atoms with E-state index in [0.29, 0.717) is 6.61 Å². The van der Waals surface area contributed by atoms with E-state index in [1.54, 1.807) is 0 Å². The maximum absolute atomic E-state index is 5.99. The van der Waals surface area contributed by atoms with Crippen molar-refractivity contribution < 1.29 is 9.26 Å². The number of aromatic nitrogens is 2. The molecule has 0 amide bonds. The van der Waals surface area contributed by atoms with Crippen LogP contribution in [0.3, 0.4) is 0 Å². The summed E-state index contributed by atoms with van der Waals surface area (Å²) in [5.74, 6) is 1.82. The van der Waals surface area contributed by atoms with Crippen LogP contribution in [0.1, 0.15) is 48.9 Å². The van der Waals surface area contributed by atoms with Crippen LogP contribution in [-0.2, 0) is 10.2 Å². The van der Waals surface area contributed by atoms with Crippen molar-refractivity contribution in [2.75, 3.05) is 13.2 Å². The van der Waals surface area contributed by atoms with Crippen LogP contribution in [0.15, 0.2) is 28.8 Å². The zero-order chi connectivity index (χ0) is 14.3. The summed E-state index contributed by atoms with van der Waals surface area (Å²) in [6.07, 6.45) is 4.27. The summed E-state index contributed by atoms with van der Waals surface area (Å²) in [4.78, 5) is 4.69. The smallest absolute Gasteiger partial charge is 0.237 e. The van der Waals surface area contributed by atoms with Crippen LogP contribution >= 0.6 is 11.6 Å². The average molecular weight is 305 g/mol. The molecule has 1 saturated heterocycles. The van der Waals surface area contributed by atoms with Crippen molar-refractivity contribution in [3.05, 3.63) is 46.6 Å². The van der Waals surface area contributed by atoms with Crippen molar-refractivity contribution in [2.45, 2.75) is 37.0 Å². The lowest BCUT2D eigenvalue weighted by Gasteiger charge is -2.38. The maximum Gasteiger partial charge on any atom is 0.237 e. The van der Waals surface area contributed by atoms with Gasteiger partial charge in [-0.1, -0.05) is 35.3 Å². The molecular formula is C16H17ClN2O2. The molecule has 4 rings (SSSR count). The van der Waals surface area contributed by atoms with E-state index in [1.807, 2.05) is 12.1 Å². The van der Waals surface area contributed by atoms with Crippen LogP contribution < -0.4 is 0 Å². The minimum Gasteiger partial charge on any atom is -0.381 e. The Morgan fingerprint density at radius 1 is 1.19 bits per heavy atom. The Morgan fingerprint density at radius 2 is 2.00 bits per heavy atom. The zero-order valence-electron chi connectivity index (χ0n) is 11.7. The van der Waals surface area contributed by atoms with E-state index in [4.69, 9.17) is 25.8 Å². The van der Waals surface area contributed by atoms with Crippen LogP contribution in [0.25, 0.3) is 0 Å². The molecule has 1 aromatic carbocycles. The fraction of sp³-hybridized carbons (Fsp3) is 0.500. The van der Waals surface area contributed by atoms with Crippen LogP contribution in [-0.4, -0.2) is 23.4 Å². The Hall–Kier alpha value is -1.39. The lowest BCUT2D eigenvalue weighted by Crippen LogP contribution is -2.35.